The normalized spacial score (nSPS) is 14.3. The van der Waals surface area contributed by atoms with Gasteiger partial charge < -0.3 is 0 Å². The summed E-state index contributed by atoms with van der Waals surface area (Å²) in [5.41, 5.74) is 5.75. The van der Waals surface area contributed by atoms with Crippen LogP contribution in [0.3, 0.4) is 0 Å². The monoisotopic (exact) mass is 238 g/mol. The molecule has 2 aliphatic rings. The Labute approximate surface area is 124 Å². The van der Waals surface area contributed by atoms with Crippen LogP contribution in [0.5, 0.6) is 0 Å². The molecule has 0 N–H and O–H groups in total. The molecule has 0 spiro atoms. The van der Waals surface area contributed by atoms with E-state index in [-0.39, 0.29) is 0 Å². The topological polar surface area (TPSA) is 0 Å². The third-order valence-corrected chi connectivity index (χ3v) is 3.66. The molecule has 0 saturated carbocycles. The first-order chi connectivity index (χ1) is 9.34. The minimum Gasteiger partial charge on any atom is -0.0619 e. The molecule has 2 aromatic carbocycles. The summed E-state index contributed by atoms with van der Waals surface area (Å²) in [5, 5.41) is 0. The Kier molecular flexibility index (Phi) is 3.73. The van der Waals surface area contributed by atoms with Crippen LogP contribution >= 0.6 is 0 Å². The minimum absolute atomic E-state index is 1.10. The molecule has 0 aliphatic heterocycles. The molecular weight excluding hydrogens is 223 g/mol. The maximum absolute atomic E-state index is 2.22. The van der Waals surface area contributed by atoms with E-state index in [0.717, 1.165) is 6.42 Å². The molecule has 0 bridgehead atoms. The predicted molar refractivity (Wildman–Crippen MR) is 82.3 cm³/mol. The Morgan fingerprint density at radius 1 is 0.789 bits per heavy atom. The van der Waals surface area contributed by atoms with E-state index >= 15 is 0 Å². The van der Waals surface area contributed by atoms with E-state index in [1.807, 2.05) is 0 Å². The van der Waals surface area contributed by atoms with Crippen molar-refractivity contribution in [1.82, 2.24) is 0 Å². The first-order valence-corrected chi connectivity index (χ1v) is 6.83. The predicted octanol–water partition coefficient (Wildman–Crippen LogP) is 4.26. The molecular formula is C18H15Li. The van der Waals surface area contributed by atoms with Crippen molar-refractivity contribution in [3.63, 3.8) is 0 Å². The van der Waals surface area contributed by atoms with E-state index in [9.17, 15) is 0 Å². The molecule has 2 aromatic rings. The fourth-order valence-electron chi connectivity index (χ4n) is 2.63. The van der Waals surface area contributed by atoms with Crippen LogP contribution in [0.15, 0.2) is 71.0 Å². The van der Waals surface area contributed by atoms with Crippen LogP contribution < -0.4 is 0 Å². The van der Waals surface area contributed by atoms with Crippen molar-refractivity contribution in [2.75, 3.05) is 0 Å². The molecule has 0 unspecified atom stereocenters. The van der Waals surface area contributed by atoms with Gasteiger partial charge in [-0.1, -0.05) is 48.5 Å². The molecule has 0 nitrogen and oxygen atoms in total. The SMILES string of the molecule is [Li][C]1=CC=CC1.c1ccc2c(c1)Cc1ccccc1-2. The second-order valence-corrected chi connectivity index (χ2v) is 5.14. The van der Waals surface area contributed by atoms with E-state index in [1.54, 1.807) is 0 Å². The van der Waals surface area contributed by atoms with Crippen molar-refractivity contribution in [2.24, 2.45) is 0 Å². The molecule has 2 aliphatic carbocycles. The molecule has 0 amide bonds. The smallest absolute Gasteiger partial charge is 0.00135 e. The summed E-state index contributed by atoms with van der Waals surface area (Å²) in [4.78, 5) is 0. The molecule has 0 atom stereocenters. The third-order valence-electron chi connectivity index (χ3n) is 3.66. The Bertz CT molecular complexity index is 607. The number of hydrogen-bond acceptors (Lipinski definition) is 0. The second kappa shape index (κ2) is 5.66. The molecule has 4 rings (SSSR count). The van der Waals surface area contributed by atoms with Crippen molar-refractivity contribution >= 4 is 17.7 Å². The van der Waals surface area contributed by atoms with Gasteiger partial charge in [-0.25, -0.2) is 0 Å². The first kappa shape index (κ1) is 12.5. The van der Waals surface area contributed by atoms with Gasteiger partial charge in [0.1, 0.15) is 0 Å². The molecule has 0 saturated heterocycles. The van der Waals surface area contributed by atoms with E-state index in [0.29, 0.717) is 0 Å². The van der Waals surface area contributed by atoms with E-state index in [4.69, 9.17) is 0 Å². The quantitative estimate of drug-likeness (QED) is 0.513. The third kappa shape index (κ3) is 2.76. The zero-order valence-corrected chi connectivity index (χ0v) is 11.3. The zero-order valence-electron chi connectivity index (χ0n) is 11.3. The van der Waals surface area contributed by atoms with Gasteiger partial charge in [-0.2, -0.15) is 0 Å². The van der Waals surface area contributed by atoms with Gasteiger partial charge >= 0.3 is 46.6 Å². The molecule has 0 aromatic heterocycles. The standard InChI is InChI=1S/C13H10.C5H5.Li/c1-3-7-12-10(5-1)9-11-6-2-4-8-13(11)12;1-2-4-5-3-1;/h1-8H,9H2;1-3H,4H2;. The van der Waals surface area contributed by atoms with Crippen LogP contribution in [0.4, 0.5) is 0 Å². The summed E-state index contributed by atoms with van der Waals surface area (Å²) >= 11 is 2.14. The van der Waals surface area contributed by atoms with Gasteiger partial charge in [0.2, 0.25) is 0 Å². The average molecular weight is 238 g/mol. The summed E-state index contributed by atoms with van der Waals surface area (Å²) in [5.74, 6) is 0. The average Bonchev–Trinajstić information content (AvgIpc) is 3.06. The summed E-state index contributed by atoms with van der Waals surface area (Å²) in [6.45, 7) is 0. The van der Waals surface area contributed by atoms with Crippen LogP contribution in [0.1, 0.15) is 17.5 Å². The maximum atomic E-state index is 2.22. The van der Waals surface area contributed by atoms with E-state index in [2.05, 4.69) is 84.5 Å². The van der Waals surface area contributed by atoms with Crippen molar-refractivity contribution in [2.45, 2.75) is 12.8 Å². The summed E-state index contributed by atoms with van der Waals surface area (Å²) < 4.78 is 1.47. The minimum atomic E-state index is 1.10. The molecule has 1 heteroatoms. The van der Waals surface area contributed by atoms with Gasteiger partial charge in [0.15, 0.2) is 0 Å². The van der Waals surface area contributed by atoms with Crippen molar-refractivity contribution in [3.8, 4) is 11.1 Å². The Morgan fingerprint density at radius 3 is 1.79 bits per heavy atom. The van der Waals surface area contributed by atoms with Crippen LogP contribution in [-0.2, 0) is 6.42 Å². The van der Waals surface area contributed by atoms with Crippen molar-refractivity contribution < 1.29 is 0 Å². The molecule has 0 radical (unpaired) electrons. The largest absolute Gasteiger partial charge is 0.0619 e. The van der Waals surface area contributed by atoms with E-state index < -0.39 is 0 Å². The summed E-state index contributed by atoms with van der Waals surface area (Å²) in [6.07, 6.45) is 8.66. The molecule has 88 valence electrons. The number of fused-ring (bicyclic) bond motifs is 3. The van der Waals surface area contributed by atoms with Crippen LogP contribution in [0.2, 0.25) is 0 Å². The second-order valence-electron chi connectivity index (χ2n) is 5.14. The van der Waals surface area contributed by atoms with Gasteiger partial charge in [-0.15, -0.1) is 0 Å². The first-order valence-electron chi connectivity index (χ1n) is 6.83. The Balaban J connectivity index is 0.000000155. The van der Waals surface area contributed by atoms with Gasteiger partial charge in [0.05, 0.1) is 0 Å². The van der Waals surface area contributed by atoms with Gasteiger partial charge in [-0.05, 0) is 28.7 Å². The summed E-state index contributed by atoms with van der Waals surface area (Å²) in [6, 6.07) is 17.3. The fourth-order valence-corrected chi connectivity index (χ4v) is 2.63. The fraction of sp³-hybridized carbons (Fsp3) is 0.111. The van der Waals surface area contributed by atoms with Crippen LogP contribution in [0.25, 0.3) is 11.1 Å². The van der Waals surface area contributed by atoms with Gasteiger partial charge in [-0.3, -0.25) is 0 Å². The van der Waals surface area contributed by atoms with Crippen molar-refractivity contribution in [1.29, 1.82) is 0 Å². The maximum Gasteiger partial charge on any atom is -0.00135 e. The summed E-state index contributed by atoms with van der Waals surface area (Å²) in [7, 11) is 0. The van der Waals surface area contributed by atoms with Gasteiger partial charge in [0.25, 0.3) is 0 Å². The number of allylic oxidation sites excluding steroid dienone is 4. The Hall–Kier alpha value is -1.48. The number of hydrogen-bond donors (Lipinski definition) is 0. The zero-order chi connectivity index (χ0) is 13.1. The van der Waals surface area contributed by atoms with Crippen molar-refractivity contribution in [3.05, 3.63) is 82.1 Å². The van der Waals surface area contributed by atoms with Crippen LogP contribution in [-0.4, -0.2) is 17.7 Å². The Morgan fingerprint density at radius 2 is 1.37 bits per heavy atom. The molecule has 0 heterocycles. The number of benzene rings is 2. The van der Waals surface area contributed by atoms with E-state index in [1.165, 1.54) is 32.9 Å². The van der Waals surface area contributed by atoms with Gasteiger partial charge in [0, 0.05) is 0 Å². The molecule has 19 heavy (non-hydrogen) atoms. The number of rotatable bonds is 0. The molecule has 0 fully saturated rings. The van der Waals surface area contributed by atoms with Crippen LogP contribution in [0, 0.1) is 0 Å².